The van der Waals surface area contributed by atoms with Gasteiger partial charge >= 0.3 is 0 Å². The molecule has 0 unspecified atom stereocenters. The minimum atomic E-state index is 0.609. The Morgan fingerprint density at radius 3 is 2.50 bits per heavy atom. The monoisotopic (exact) mass is 293 g/mol. The van der Waals surface area contributed by atoms with Crippen LogP contribution in [0.4, 0.5) is 0 Å². The lowest BCUT2D eigenvalue weighted by Crippen LogP contribution is -1.90. The molecule has 1 heterocycles. The van der Waals surface area contributed by atoms with E-state index in [1.165, 1.54) is 5.56 Å². The molecule has 3 heteroatoms. The van der Waals surface area contributed by atoms with Crippen molar-refractivity contribution in [2.24, 2.45) is 0 Å². The van der Waals surface area contributed by atoms with E-state index in [-0.39, 0.29) is 0 Å². The van der Waals surface area contributed by atoms with Crippen LogP contribution in [0.1, 0.15) is 29.8 Å². The minimum absolute atomic E-state index is 0.609. The predicted octanol–water partition coefficient (Wildman–Crippen LogP) is 4.61. The summed E-state index contributed by atoms with van der Waals surface area (Å²) < 4.78 is 5.53. The van der Waals surface area contributed by atoms with Crippen LogP contribution in [-0.4, -0.2) is 17.9 Å². The molecule has 3 rings (SSSR count). The molecule has 1 N–H and O–H groups in total. The Morgan fingerprint density at radius 1 is 1.09 bits per heavy atom. The van der Waals surface area contributed by atoms with Crippen LogP contribution in [0.15, 0.2) is 42.5 Å². The van der Waals surface area contributed by atoms with Gasteiger partial charge in [-0.25, -0.2) is 0 Å². The van der Waals surface area contributed by atoms with Crippen LogP contribution in [0.25, 0.3) is 22.2 Å². The van der Waals surface area contributed by atoms with Crippen molar-refractivity contribution in [1.82, 2.24) is 4.98 Å². The molecule has 112 valence electrons. The molecule has 0 spiro atoms. The van der Waals surface area contributed by atoms with Gasteiger partial charge in [0.15, 0.2) is 6.29 Å². The van der Waals surface area contributed by atoms with Crippen molar-refractivity contribution < 1.29 is 9.53 Å². The maximum Gasteiger partial charge on any atom is 0.152 e. The number of aromatic nitrogens is 1. The molecule has 0 fully saturated rings. The third kappa shape index (κ3) is 2.50. The number of carbonyl (C=O) groups is 1. The molecule has 0 aliphatic carbocycles. The molecule has 0 atom stereocenters. The van der Waals surface area contributed by atoms with Crippen LogP contribution in [0.3, 0.4) is 0 Å². The van der Waals surface area contributed by atoms with Gasteiger partial charge in [-0.2, -0.15) is 0 Å². The van der Waals surface area contributed by atoms with Crippen molar-refractivity contribution in [3.05, 3.63) is 53.6 Å². The summed E-state index contributed by atoms with van der Waals surface area (Å²) >= 11 is 0. The number of hydrogen-bond acceptors (Lipinski definition) is 2. The van der Waals surface area contributed by atoms with Gasteiger partial charge < -0.3 is 9.72 Å². The maximum absolute atomic E-state index is 11.6. The fourth-order valence-electron chi connectivity index (χ4n) is 2.71. The molecule has 1 aromatic heterocycles. The zero-order chi connectivity index (χ0) is 15.5. The topological polar surface area (TPSA) is 42.1 Å². The molecule has 0 radical (unpaired) electrons. The number of rotatable bonds is 5. The van der Waals surface area contributed by atoms with E-state index < -0.39 is 0 Å². The molecule has 0 saturated carbocycles. The van der Waals surface area contributed by atoms with Gasteiger partial charge in [0, 0.05) is 16.5 Å². The summed E-state index contributed by atoms with van der Waals surface area (Å²) in [5.74, 6) is 0.782. The zero-order valence-electron chi connectivity index (χ0n) is 12.8. The largest absolute Gasteiger partial charge is 0.494 e. The fraction of sp³-hybridized carbons (Fsp3) is 0.211. The Balaban J connectivity index is 2.14. The quantitative estimate of drug-likeness (QED) is 0.698. The van der Waals surface area contributed by atoms with E-state index in [1.807, 2.05) is 25.1 Å². The second-order valence-corrected chi connectivity index (χ2v) is 5.22. The lowest BCUT2D eigenvalue weighted by atomic mass is 10.0. The highest BCUT2D eigenvalue weighted by Gasteiger charge is 2.13. The van der Waals surface area contributed by atoms with Gasteiger partial charge in [0.1, 0.15) is 5.75 Å². The fourth-order valence-corrected chi connectivity index (χ4v) is 2.71. The highest BCUT2D eigenvalue weighted by Crippen LogP contribution is 2.31. The van der Waals surface area contributed by atoms with Gasteiger partial charge in [-0.05, 0) is 42.7 Å². The minimum Gasteiger partial charge on any atom is -0.494 e. The Hall–Kier alpha value is -2.55. The van der Waals surface area contributed by atoms with E-state index in [0.717, 1.165) is 40.6 Å². The first-order valence-corrected chi connectivity index (χ1v) is 7.59. The third-order valence-corrected chi connectivity index (χ3v) is 3.89. The molecule has 0 aliphatic rings. The lowest BCUT2D eigenvalue weighted by molar-refractivity contribution is 0.112. The van der Waals surface area contributed by atoms with Gasteiger partial charge in [0.25, 0.3) is 0 Å². The van der Waals surface area contributed by atoms with Crippen molar-refractivity contribution in [2.45, 2.75) is 20.3 Å². The molecule has 0 saturated heterocycles. The van der Waals surface area contributed by atoms with Crippen LogP contribution in [0.2, 0.25) is 0 Å². The van der Waals surface area contributed by atoms with Crippen LogP contribution in [-0.2, 0) is 6.42 Å². The van der Waals surface area contributed by atoms with E-state index in [2.05, 4.69) is 36.2 Å². The van der Waals surface area contributed by atoms with Gasteiger partial charge in [-0.3, -0.25) is 4.79 Å². The molecule has 3 aromatic rings. The number of nitrogens with one attached hydrogen (secondary N) is 1. The van der Waals surface area contributed by atoms with Crippen molar-refractivity contribution in [2.75, 3.05) is 6.61 Å². The molecule has 0 amide bonds. The van der Waals surface area contributed by atoms with Gasteiger partial charge in [-0.15, -0.1) is 0 Å². The first-order valence-electron chi connectivity index (χ1n) is 7.59. The van der Waals surface area contributed by atoms with E-state index in [9.17, 15) is 4.79 Å². The van der Waals surface area contributed by atoms with E-state index in [1.54, 1.807) is 0 Å². The normalized spacial score (nSPS) is 10.8. The number of benzene rings is 2. The maximum atomic E-state index is 11.6. The number of aryl methyl sites for hydroxylation is 1. The highest BCUT2D eigenvalue weighted by atomic mass is 16.5. The number of hydrogen-bond donors (Lipinski definition) is 1. The number of H-pyrrole nitrogens is 1. The van der Waals surface area contributed by atoms with Crippen LogP contribution >= 0.6 is 0 Å². The van der Waals surface area contributed by atoms with E-state index in [4.69, 9.17) is 4.74 Å². The third-order valence-electron chi connectivity index (χ3n) is 3.89. The summed E-state index contributed by atoms with van der Waals surface area (Å²) in [5.41, 5.74) is 4.79. The summed E-state index contributed by atoms with van der Waals surface area (Å²) in [6.07, 6.45) is 1.92. The molecule has 22 heavy (non-hydrogen) atoms. The Bertz CT molecular complexity index is 800. The summed E-state index contributed by atoms with van der Waals surface area (Å²) in [5, 5.41) is 0.899. The average Bonchev–Trinajstić information content (AvgIpc) is 2.93. The van der Waals surface area contributed by atoms with E-state index in [0.29, 0.717) is 12.2 Å². The standard InChI is InChI=1S/C19H19NO2/c1-3-13-5-7-14(8-6-13)19-17(12-21)16-11-15(22-4-2)9-10-18(16)20-19/h5-12,20H,3-4H2,1-2H3. The van der Waals surface area contributed by atoms with Gasteiger partial charge in [0.2, 0.25) is 0 Å². The number of carbonyl (C=O) groups excluding carboxylic acids is 1. The van der Waals surface area contributed by atoms with Gasteiger partial charge in [0.05, 0.1) is 12.3 Å². The average molecular weight is 293 g/mol. The molecular weight excluding hydrogens is 274 g/mol. The highest BCUT2D eigenvalue weighted by molar-refractivity contribution is 6.04. The first kappa shape index (κ1) is 14.4. The Morgan fingerprint density at radius 2 is 1.86 bits per heavy atom. The second-order valence-electron chi connectivity index (χ2n) is 5.22. The van der Waals surface area contributed by atoms with Crippen LogP contribution in [0, 0.1) is 0 Å². The Labute approximate surface area is 129 Å². The molecule has 0 aliphatic heterocycles. The summed E-state index contributed by atoms with van der Waals surface area (Å²) in [7, 11) is 0. The molecular formula is C19H19NO2. The van der Waals surface area contributed by atoms with Crippen LogP contribution in [0.5, 0.6) is 5.75 Å². The van der Waals surface area contributed by atoms with Crippen molar-refractivity contribution in [1.29, 1.82) is 0 Å². The summed E-state index contributed by atoms with van der Waals surface area (Å²) in [4.78, 5) is 15.0. The SMILES string of the molecule is CCOc1ccc2[nH]c(-c3ccc(CC)cc3)c(C=O)c2c1. The second kappa shape index (κ2) is 6.06. The summed E-state index contributed by atoms with van der Waals surface area (Å²) in [6.45, 7) is 4.68. The molecule has 3 nitrogen and oxygen atoms in total. The Kier molecular flexibility index (Phi) is 3.96. The summed E-state index contributed by atoms with van der Waals surface area (Å²) in [6, 6.07) is 14.1. The van der Waals surface area contributed by atoms with Crippen molar-refractivity contribution in [3.63, 3.8) is 0 Å². The molecule has 0 bridgehead atoms. The van der Waals surface area contributed by atoms with Crippen molar-refractivity contribution >= 4 is 17.2 Å². The number of aldehydes is 1. The van der Waals surface area contributed by atoms with E-state index >= 15 is 0 Å². The first-order chi connectivity index (χ1) is 10.8. The number of fused-ring (bicyclic) bond motifs is 1. The van der Waals surface area contributed by atoms with Gasteiger partial charge in [-0.1, -0.05) is 31.2 Å². The zero-order valence-corrected chi connectivity index (χ0v) is 12.8. The smallest absolute Gasteiger partial charge is 0.152 e. The lowest BCUT2D eigenvalue weighted by Gasteiger charge is -2.02. The number of aromatic amines is 1. The van der Waals surface area contributed by atoms with Crippen molar-refractivity contribution in [3.8, 4) is 17.0 Å². The van der Waals surface area contributed by atoms with Crippen LogP contribution < -0.4 is 4.74 Å². The molecule has 2 aromatic carbocycles. The predicted molar refractivity (Wildman–Crippen MR) is 89.7 cm³/mol. The number of ether oxygens (including phenoxy) is 1.